The third kappa shape index (κ3) is 2.50. The lowest BCUT2D eigenvalue weighted by Gasteiger charge is -2.12. The van der Waals surface area contributed by atoms with Crippen LogP contribution in [0.5, 0.6) is 0 Å². The molecule has 0 amide bonds. The van der Waals surface area contributed by atoms with Crippen molar-refractivity contribution in [3.05, 3.63) is 23.8 Å². The van der Waals surface area contributed by atoms with Crippen LogP contribution < -0.4 is 5.73 Å². The Bertz CT molecular complexity index is 415. The predicted octanol–water partition coefficient (Wildman–Crippen LogP) is 2.53. The molecule has 1 aliphatic carbocycles. The third-order valence-electron chi connectivity index (χ3n) is 2.71. The van der Waals surface area contributed by atoms with Crippen LogP contribution in [0.4, 0.5) is 5.69 Å². The van der Waals surface area contributed by atoms with Crippen molar-refractivity contribution in [1.82, 2.24) is 0 Å². The van der Waals surface area contributed by atoms with Crippen molar-refractivity contribution in [2.24, 2.45) is 5.92 Å². The first-order chi connectivity index (χ1) is 7.58. The van der Waals surface area contributed by atoms with Gasteiger partial charge in [0.25, 0.3) is 0 Å². The molecular formula is C12H15NO2S. The molecule has 1 aromatic rings. The fourth-order valence-corrected chi connectivity index (χ4v) is 2.84. The van der Waals surface area contributed by atoms with Crippen LogP contribution in [0.3, 0.4) is 0 Å². The Hall–Kier alpha value is -1.16. The van der Waals surface area contributed by atoms with Gasteiger partial charge in [-0.25, -0.2) is 0 Å². The second-order valence-corrected chi connectivity index (χ2v) is 5.44. The highest BCUT2D eigenvalue weighted by Gasteiger charge is 2.37. The number of aryl methyl sites for hydroxylation is 1. The highest BCUT2D eigenvalue weighted by Crippen LogP contribution is 2.43. The summed E-state index contributed by atoms with van der Waals surface area (Å²) in [6.45, 7) is 1.97. The number of nitrogens with two attached hydrogens (primary N) is 1. The smallest absolute Gasteiger partial charge is 0.317 e. The summed E-state index contributed by atoms with van der Waals surface area (Å²) in [5, 5.41) is 8.79. The largest absolute Gasteiger partial charge is 0.480 e. The Labute approximate surface area is 99.0 Å². The Morgan fingerprint density at radius 2 is 2.25 bits per heavy atom. The maximum absolute atomic E-state index is 11.1. The quantitative estimate of drug-likeness (QED) is 0.624. The van der Waals surface area contributed by atoms with Crippen LogP contribution in [0.25, 0.3) is 0 Å². The van der Waals surface area contributed by atoms with E-state index in [9.17, 15) is 4.79 Å². The Kier molecular flexibility index (Phi) is 3.10. The van der Waals surface area contributed by atoms with Crippen molar-refractivity contribution in [2.75, 3.05) is 5.73 Å². The molecule has 1 unspecified atom stereocenters. The lowest BCUT2D eigenvalue weighted by molar-refractivity contribution is -0.136. The molecule has 0 spiro atoms. The van der Waals surface area contributed by atoms with E-state index in [2.05, 4.69) is 0 Å². The van der Waals surface area contributed by atoms with Crippen molar-refractivity contribution in [3.8, 4) is 0 Å². The first-order valence-corrected chi connectivity index (χ1v) is 6.21. The fourth-order valence-electron chi connectivity index (χ4n) is 1.66. The fraction of sp³-hybridized carbons (Fsp3) is 0.417. The summed E-state index contributed by atoms with van der Waals surface area (Å²) in [5.74, 6) is -0.407. The van der Waals surface area contributed by atoms with Gasteiger partial charge >= 0.3 is 5.97 Å². The molecular weight excluding hydrogens is 222 g/mol. The average Bonchev–Trinajstić information content (AvgIpc) is 2.99. The molecule has 86 valence electrons. The normalized spacial score (nSPS) is 17.1. The molecule has 0 saturated heterocycles. The molecule has 0 bridgehead atoms. The topological polar surface area (TPSA) is 63.3 Å². The summed E-state index contributed by atoms with van der Waals surface area (Å²) >= 11 is 1.38. The molecule has 0 heterocycles. The van der Waals surface area contributed by atoms with Gasteiger partial charge < -0.3 is 10.8 Å². The molecule has 1 aromatic carbocycles. The van der Waals surface area contributed by atoms with Gasteiger partial charge in [-0.1, -0.05) is 6.07 Å². The van der Waals surface area contributed by atoms with Crippen LogP contribution in [-0.2, 0) is 4.79 Å². The number of aliphatic carboxylic acids is 1. The number of hydrogen-bond acceptors (Lipinski definition) is 3. The van der Waals surface area contributed by atoms with E-state index >= 15 is 0 Å². The number of thioether (sulfide) groups is 1. The number of nitrogen functional groups attached to an aromatic ring is 1. The van der Waals surface area contributed by atoms with Crippen LogP contribution in [0, 0.1) is 12.8 Å². The minimum Gasteiger partial charge on any atom is -0.480 e. The van der Waals surface area contributed by atoms with Crippen LogP contribution >= 0.6 is 11.8 Å². The van der Waals surface area contributed by atoms with Crippen molar-refractivity contribution >= 4 is 23.4 Å². The van der Waals surface area contributed by atoms with Gasteiger partial charge in [-0.15, -0.1) is 11.8 Å². The standard InChI is InChI=1S/C12H15NO2S/c1-7-2-5-10(9(13)6-7)16-11(12(14)15)8-3-4-8/h2,5-6,8,11H,3-4,13H2,1H3,(H,14,15). The Morgan fingerprint density at radius 3 is 2.75 bits per heavy atom. The minimum absolute atomic E-state index is 0.322. The summed E-state index contributed by atoms with van der Waals surface area (Å²) in [7, 11) is 0. The maximum Gasteiger partial charge on any atom is 0.317 e. The second kappa shape index (κ2) is 4.37. The Morgan fingerprint density at radius 1 is 1.56 bits per heavy atom. The molecule has 3 N–H and O–H groups in total. The zero-order valence-corrected chi connectivity index (χ0v) is 9.96. The summed E-state index contributed by atoms with van der Waals surface area (Å²) in [4.78, 5) is 12.0. The first kappa shape index (κ1) is 11.3. The lowest BCUT2D eigenvalue weighted by atomic mass is 10.2. The van der Waals surface area contributed by atoms with E-state index in [-0.39, 0.29) is 5.25 Å². The van der Waals surface area contributed by atoms with Crippen LogP contribution in [0.2, 0.25) is 0 Å². The van der Waals surface area contributed by atoms with Crippen molar-refractivity contribution in [2.45, 2.75) is 29.9 Å². The summed E-state index contributed by atoms with van der Waals surface area (Å²) in [6, 6.07) is 5.76. The van der Waals surface area contributed by atoms with Gasteiger partial charge in [0, 0.05) is 10.6 Å². The number of rotatable bonds is 4. The molecule has 0 radical (unpaired) electrons. The van der Waals surface area contributed by atoms with Crippen molar-refractivity contribution in [3.63, 3.8) is 0 Å². The van der Waals surface area contributed by atoms with E-state index in [1.54, 1.807) is 0 Å². The lowest BCUT2D eigenvalue weighted by Crippen LogP contribution is -2.18. The SMILES string of the molecule is Cc1ccc(SC(C(=O)O)C2CC2)c(N)c1. The molecule has 0 aliphatic heterocycles. The number of carboxylic acids is 1. The zero-order valence-electron chi connectivity index (χ0n) is 9.14. The molecule has 4 heteroatoms. The van der Waals surface area contributed by atoms with E-state index < -0.39 is 5.97 Å². The highest BCUT2D eigenvalue weighted by atomic mass is 32.2. The van der Waals surface area contributed by atoms with Crippen LogP contribution in [-0.4, -0.2) is 16.3 Å². The summed E-state index contributed by atoms with van der Waals surface area (Å²) < 4.78 is 0. The zero-order chi connectivity index (χ0) is 11.7. The van der Waals surface area contributed by atoms with Gasteiger partial charge in [0.05, 0.1) is 0 Å². The highest BCUT2D eigenvalue weighted by molar-refractivity contribution is 8.00. The predicted molar refractivity (Wildman–Crippen MR) is 65.6 cm³/mol. The van der Waals surface area contributed by atoms with Gasteiger partial charge in [0.2, 0.25) is 0 Å². The van der Waals surface area contributed by atoms with E-state index in [1.807, 2.05) is 25.1 Å². The first-order valence-electron chi connectivity index (χ1n) is 5.33. The van der Waals surface area contributed by atoms with E-state index in [0.717, 1.165) is 23.3 Å². The van der Waals surface area contributed by atoms with E-state index in [0.29, 0.717) is 11.6 Å². The number of carboxylic acid groups (broad SMARTS) is 1. The molecule has 16 heavy (non-hydrogen) atoms. The van der Waals surface area contributed by atoms with Crippen molar-refractivity contribution < 1.29 is 9.90 Å². The van der Waals surface area contributed by atoms with E-state index in [1.165, 1.54) is 11.8 Å². The minimum atomic E-state index is -0.729. The summed E-state index contributed by atoms with van der Waals surface area (Å²) in [5.41, 5.74) is 7.65. The molecule has 1 atom stereocenters. The molecule has 2 rings (SSSR count). The van der Waals surface area contributed by atoms with E-state index in [4.69, 9.17) is 10.8 Å². The Balaban J connectivity index is 2.15. The maximum atomic E-state index is 11.1. The van der Waals surface area contributed by atoms with Crippen LogP contribution in [0.1, 0.15) is 18.4 Å². The average molecular weight is 237 g/mol. The number of anilines is 1. The number of benzene rings is 1. The third-order valence-corrected chi connectivity index (χ3v) is 4.18. The van der Waals surface area contributed by atoms with Gasteiger partial charge in [-0.2, -0.15) is 0 Å². The molecule has 1 aliphatic rings. The summed E-state index contributed by atoms with van der Waals surface area (Å²) in [6.07, 6.45) is 2.05. The monoisotopic (exact) mass is 237 g/mol. The number of carbonyl (C=O) groups is 1. The molecule has 1 saturated carbocycles. The van der Waals surface area contributed by atoms with Crippen LogP contribution in [0.15, 0.2) is 23.1 Å². The van der Waals surface area contributed by atoms with Gasteiger partial charge in [0.15, 0.2) is 0 Å². The second-order valence-electron chi connectivity index (χ2n) is 4.26. The van der Waals surface area contributed by atoms with Crippen molar-refractivity contribution in [1.29, 1.82) is 0 Å². The molecule has 0 aromatic heterocycles. The van der Waals surface area contributed by atoms with Gasteiger partial charge in [-0.05, 0) is 43.4 Å². The molecule has 1 fully saturated rings. The van der Waals surface area contributed by atoms with Gasteiger partial charge in [-0.3, -0.25) is 4.79 Å². The van der Waals surface area contributed by atoms with Gasteiger partial charge in [0.1, 0.15) is 5.25 Å². The number of hydrogen-bond donors (Lipinski definition) is 2. The molecule has 3 nitrogen and oxygen atoms in total.